The van der Waals surface area contributed by atoms with Crippen LogP contribution in [0.1, 0.15) is 10.5 Å². The van der Waals surface area contributed by atoms with Gasteiger partial charge < -0.3 is 5.11 Å². The number of hydrogen-bond acceptors (Lipinski definition) is 3. The summed E-state index contributed by atoms with van der Waals surface area (Å²) < 4.78 is 0.872. The molecule has 0 radical (unpaired) electrons. The maximum absolute atomic E-state index is 10.7. The van der Waals surface area contributed by atoms with E-state index in [0.717, 1.165) is 10.0 Å². The highest BCUT2D eigenvalue weighted by Gasteiger charge is 2.12. The molecule has 3 nitrogen and oxygen atoms in total. The molecule has 16 heavy (non-hydrogen) atoms. The van der Waals surface area contributed by atoms with Crippen molar-refractivity contribution >= 4 is 44.8 Å². The molecule has 0 spiro atoms. The Morgan fingerprint density at radius 2 is 2.25 bits per heavy atom. The summed E-state index contributed by atoms with van der Waals surface area (Å²) in [6, 6.07) is 5.39. The van der Waals surface area contributed by atoms with Crippen LogP contribution in [0.25, 0.3) is 10.6 Å². The zero-order valence-corrected chi connectivity index (χ0v) is 10.9. The van der Waals surface area contributed by atoms with Gasteiger partial charge in [0.15, 0.2) is 5.69 Å². The minimum absolute atomic E-state index is 0.0407. The first-order chi connectivity index (χ1) is 7.58. The van der Waals surface area contributed by atoms with Crippen molar-refractivity contribution in [3.8, 4) is 10.6 Å². The topological polar surface area (TPSA) is 50.2 Å². The molecule has 0 saturated carbocycles. The van der Waals surface area contributed by atoms with Crippen LogP contribution in [-0.4, -0.2) is 16.1 Å². The Morgan fingerprint density at radius 1 is 1.50 bits per heavy atom. The van der Waals surface area contributed by atoms with Crippen molar-refractivity contribution in [1.82, 2.24) is 4.98 Å². The standard InChI is InChI=1S/C10H5BrClNO2S/c11-5-1-2-6(7(12)3-5)9-13-8(4-16-9)10(14)15/h1-4H,(H,14,15). The summed E-state index contributed by atoms with van der Waals surface area (Å²) in [6.07, 6.45) is 0. The number of rotatable bonds is 2. The summed E-state index contributed by atoms with van der Waals surface area (Å²) in [7, 11) is 0. The molecular weight excluding hydrogens is 314 g/mol. The van der Waals surface area contributed by atoms with E-state index in [1.54, 1.807) is 12.1 Å². The van der Waals surface area contributed by atoms with E-state index in [-0.39, 0.29) is 5.69 Å². The van der Waals surface area contributed by atoms with Crippen LogP contribution >= 0.6 is 38.9 Å². The van der Waals surface area contributed by atoms with Gasteiger partial charge in [0.05, 0.1) is 5.02 Å². The van der Waals surface area contributed by atoms with E-state index in [2.05, 4.69) is 20.9 Å². The zero-order valence-electron chi connectivity index (χ0n) is 7.78. The first kappa shape index (κ1) is 11.6. The first-order valence-electron chi connectivity index (χ1n) is 4.22. The van der Waals surface area contributed by atoms with Crippen molar-refractivity contribution in [1.29, 1.82) is 0 Å². The van der Waals surface area contributed by atoms with Crippen LogP contribution in [0.3, 0.4) is 0 Å². The second-order valence-corrected chi connectivity index (χ2v) is 5.15. The molecule has 1 N–H and O–H groups in total. The van der Waals surface area contributed by atoms with E-state index in [1.807, 2.05) is 6.07 Å². The summed E-state index contributed by atoms with van der Waals surface area (Å²) in [5, 5.41) is 11.4. The SMILES string of the molecule is O=C(O)c1csc(-c2ccc(Br)cc2Cl)n1. The number of carboxylic acids is 1. The van der Waals surface area contributed by atoms with Gasteiger partial charge in [0.25, 0.3) is 0 Å². The lowest BCUT2D eigenvalue weighted by Gasteiger charge is -2.00. The lowest BCUT2D eigenvalue weighted by Crippen LogP contribution is -1.95. The molecule has 82 valence electrons. The van der Waals surface area contributed by atoms with Crippen LogP contribution in [0.2, 0.25) is 5.02 Å². The average molecular weight is 319 g/mol. The van der Waals surface area contributed by atoms with Crippen molar-refractivity contribution in [3.05, 3.63) is 38.8 Å². The summed E-state index contributed by atoms with van der Waals surface area (Å²) in [4.78, 5) is 14.7. The number of hydrogen-bond donors (Lipinski definition) is 1. The number of thiazole rings is 1. The van der Waals surface area contributed by atoms with Gasteiger partial charge in [-0.1, -0.05) is 27.5 Å². The Kier molecular flexibility index (Phi) is 3.28. The fourth-order valence-electron chi connectivity index (χ4n) is 1.16. The van der Waals surface area contributed by atoms with Crippen LogP contribution in [0.15, 0.2) is 28.1 Å². The van der Waals surface area contributed by atoms with Crippen LogP contribution in [0.5, 0.6) is 0 Å². The normalized spacial score (nSPS) is 10.4. The van der Waals surface area contributed by atoms with Crippen molar-refractivity contribution in [2.24, 2.45) is 0 Å². The van der Waals surface area contributed by atoms with Crippen LogP contribution in [0, 0.1) is 0 Å². The highest BCUT2D eigenvalue weighted by Crippen LogP contribution is 2.32. The smallest absolute Gasteiger partial charge is 0.355 e. The van der Waals surface area contributed by atoms with Gasteiger partial charge in [-0.3, -0.25) is 0 Å². The molecule has 1 aromatic heterocycles. The predicted octanol–water partition coefficient (Wildman–Crippen LogP) is 3.92. The molecule has 0 fully saturated rings. The lowest BCUT2D eigenvalue weighted by atomic mass is 10.2. The van der Waals surface area contributed by atoms with Crippen LogP contribution in [0.4, 0.5) is 0 Å². The zero-order chi connectivity index (χ0) is 11.7. The average Bonchev–Trinajstić information content (AvgIpc) is 2.66. The quantitative estimate of drug-likeness (QED) is 0.913. The number of aromatic nitrogens is 1. The second-order valence-electron chi connectivity index (χ2n) is 2.97. The number of halogens is 2. The van der Waals surface area contributed by atoms with Crippen molar-refractivity contribution in [2.75, 3.05) is 0 Å². The predicted molar refractivity (Wildman–Crippen MR) is 67.2 cm³/mol. The van der Waals surface area contributed by atoms with E-state index in [1.165, 1.54) is 16.7 Å². The third-order valence-electron chi connectivity index (χ3n) is 1.88. The lowest BCUT2D eigenvalue weighted by molar-refractivity contribution is 0.0691. The monoisotopic (exact) mass is 317 g/mol. The van der Waals surface area contributed by atoms with E-state index >= 15 is 0 Å². The molecule has 1 aromatic carbocycles. The van der Waals surface area contributed by atoms with Gasteiger partial charge in [0.2, 0.25) is 0 Å². The highest BCUT2D eigenvalue weighted by molar-refractivity contribution is 9.10. The minimum atomic E-state index is -1.03. The minimum Gasteiger partial charge on any atom is -0.476 e. The van der Waals surface area contributed by atoms with Gasteiger partial charge in [-0.25, -0.2) is 9.78 Å². The first-order valence-corrected chi connectivity index (χ1v) is 6.27. The molecular formula is C10H5BrClNO2S. The Hall–Kier alpha value is -0.910. The Bertz CT molecular complexity index is 556. The Morgan fingerprint density at radius 3 is 2.81 bits per heavy atom. The number of benzene rings is 1. The van der Waals surface area contributed by atoms with Crippen molar-refractivity contribution in [2.45, 2.75) is 0 Å². The molecule has 1 heterocycles. The molecule has 0 aliphatic rings. The van der Waals surface area contributed by atoms with Gasteiger partial charge in [-0.2, -0.15) is 0 Å². The second kappa shape index (κ2) is 4.53. The molecule has 0 amide bonds. The molecule has 0 unspecified atom stereocenters. The van der Waals surface area contributed by atoms with Crippen LogP contribution in [-0.2, 0) is 0 Å². The molecule has 0 bridgehead atoms. The van der Waals surface area contributed by atoms with E-state index in [9.17, 15) is 4.79 Å². The maximum atomic E-state index is 10.7. The third kappa shape index (κ3) is 2.26. The van der Waals surface area contributed by atoms with Gasteiger partial charge in [-0.15, -0.1) is 11.3 Å². The van der Waals surface area contributed by atoms with Gasteiger partial charge in [-0.05, 0) is 18.2 Å². The summed E-state index contributed by atoms with van der Waals surface area (Å²) >= 11 is 10.6. The Balaban J connectivity index is 2.46. The molecule has 6 heteroatoms. The largest absolute Gasteiger partial charge is 0.476 e. The number of aromatic carboxylic acids is 1. The molecule has 0 saturated heterocycles. The Labute approximate surface area is 109 Å². The summed E-state index contributed by atoms with van der Waals surface area (Å²) in [5.41, 5.74) is 0.779. The van der Waals surface area contributed by atoms with Crippen molar-refractivity contribution < 1.29 is 9.90 Å². The molecule has 0 aliphatic carbocycles. The van der Waals surface area contributed by atoms with Gasteiger partial charge in [0.1, 0.15) is 5.01 Å². The molecule has 2 rings (SSSR count). The number of carbonyl (C=O) groups is 1. The summed E-state index contributed by atoms with van der Waals surface area (Å²) in [6.45, 7) is 0. The molecule has 0 aliphatic heterocycles. The van der Waals surface area contributed by atoms with Crippen molar-refractivity contribution in [3.63, 3.8) is 0 Å². The number of nitrogens with zero attached hydrogens (tertiary/aromatic N) is 1. The number of carboxylic acid groups (broad SMARTS) is 1. The fraction of sp³-hybridized carbons (Fsp3) is 0. The maximum Gasteiger partial charge on any atom is 0.355 e. The van der Waals surface area contributed by atoms with E-state index in [0.29, 0.717) is 10.0 Å². The van der Waals surface area contributed by atoms with E-state index in [4.69, 9.17) is 16.7 Å². The molecule has 0 atom stereocenters. The third-order valence-corrected chi connectivity index (χ3v) is 3.57. The van der Waals surface area contributed by atoms with Crippen LogP contribution < -0.4 is 0 Å². The van der Waals surface area contributed by atoms with E-state index < -0.39 is 5.97 Å². The van der Waals surface area contributed by atoms with Gasteiger partial charge in [0, 0.05) is 15.4 Å². The summed E-state index contributed by atoms with van der Waals surface area (Å²) in [5.74, 6) is -1.03. The highest BCUT2D eigenvalue weighted by atomic mass is 79.9. The molecule has 2 aromatic rings. The fourth-order valence-corrected chi connectivity index (χ4v) is 2.81. The van der Waals surface area contributed by atoms with Gasteiger partial charge >= 0.3 is 5.97 Å².